The monoisotopic (exact) mass is 228 g/mol. The number of hydrogen-bond donors (Lipinski definition) is 0. The lowest BCUT2D eigenvalue weighted by Gasteiger charge is -2.02. The Balaban J connectivity index is 2.92. The van der Waals surface area contributed by atoms with E-state index in [1.54, 1.807) is 24.3 Å². The molecular weight excluding hydrogens is 219 g/mol. The summed E-state index contributed by atoms with van der Waals surface area (Å²) in [5, 5.41) is 0. The smallest absolute Gasteiger partial charge is 0.305 e. The van der Waals surface area contributed by atoms with Crippen molar-refractivity contribution < 1.29 is 12.3 Å². The van der Waals surface area contributed by atoms with Gasteiger partial charge in [-0.05, 0) is 26.0 Å². The van der Waals surface area contributed by atoms with E-state index in [1.165, 1.54) is 12.3 Å². The van der Waals surface area contributed by atoms with Crippen LogP contribution in [0.15, 0.2) is 23.2 Å². The summed E-state index contributed by atoms with van der Waals surface area (Å²) in [6, 6.07) is 3.01. The van der Waals surface area contributed by atoms with Gasteiger partial charge in [0.15, 0.2) is 5.65 Å². The van der Waals surface area contributed by atoms with Gasteiger partial charge in [-0.25, -0.2) is 4.98 Å². The summed E-state index contributed by atoms with van der Waals surface area (Å²) in [7, 11) is -4.70. The summed E-state index contributed by atoms with van der Waals surface area (Å²) >= 11 is 0. The van der Waals surface area contributed by atoms with Gasteiger partial charge < -0.3 is 4.40 Å². The molecule has 0 unspecified atom stereocenters. The van der Waals surface area contributed by atoms with Gasteiger partial charge in [-0.3, -0.25) is 0 Å². The van der Waals surface area contributed by atoms with Crippen molar-refractivity contribution in [3.8, 4) is 0 Å². The van der Waals surface area contributed by atoms with Crippen LogP contribution in [0.2, 0.25) is 0 Å². The van der Waals surface area contributed by atoms with Crippen molar-refractivity contribution in [2.75, 3.05) is 0 Å². The van der Waals surface area contributed by atoms with Gasteiger partial charge in [0.1, 0.15) is 4.90 Å². The molecule has 0 aliphatic carbocycles. The van der Waals surface area contributed by atoms with Crippen LogP contribution in [0, 0.1) is 13.8 Å². The molecule has 2 rings (SSSR count). The third-order valence-electron chi connectivity index (χ3n) is 2.17. The molecule has 2 heterocycles. The molecule has 15 heavy (non-hydrogen) atoms. The highest BCUT2D eigenvalue weighted by Gasteiger charge is 2.19. The van der Waals surface area contributed by atoms with Crippen LogP contribution in [-0.4, -0.2) is 17.8 Å². The summed E-state index contributed by atoms with van der Waals surface area (Å²) in [4.78, 5) is 3.63. The molecule has 0 spiro atoms. The topological polar surface area (TPSA) is 51.4 Å². The molecule has 6 heteroatoms. The Hall–Kier alpha value is -1.43. The molecule has 0 bridgehead atoms. The second-order valence-corrected chi connectivity index (χ2v) is 4.67. The largest absolute Gasteiger partial charge is 0.335 e. The van der Waals surface area contributed by atoms with Gasteiger partial charge in [-0.1, -0.05) is 0 Å². The van der Waals surface area contributed by atoms with Gasteiger partial charge in [-0.15, -0.1) is 3.89 Å². The molecule has 0 saturated heterocycles. The van der Waals surface area contributed by atoms with Crippen LogP contribution < -0.4 is 0 Å². The van der Waals surface area contributed by atoms with Gasteiger partial charge in [0.25, 0.3) is 0 Å². The second kappa shape index (κ2) is 3.03. The number of aromatic nitrogens is 2. The summed E-state index contributed by atoms with van der Waals surface area (Å²) in [6.45, 7) is 3.53. The zero-order valence-electron chi connectivity index (χ0n) is 8.23. The van der Waals surface area contributed by atoms with Crippen LogP contribution in [0.25, 0.3) is 5.65 Å². The summed E-state index contributed by atoms with van der Waals surface area (Å²) < 4.78 is 36.0. The number of halogens is 1. The number of hydrogen-bond acceptors (Lipinski definition) is 3. The van der Waals surface area contributed by atoms with Crippen molar-refractivity contribution >= 4 is 15.9 Å². The molecule has 0 aliphatic rings. The molecular formula is C9H9FN2O2S. The summed E-state index contributed by atoms with van der Waals surface area (Å²) in [5.41, 5.74) is 1.60. The number of fused-ring (bicyclic) bond motifs is 1. The Kier molecular flexibility index (Phi) is 2.04. The van der Waals surface area contributed by atoms with E-state index in [9.17, 15) is 12.3 Å². The fourth-order valence-electron chi connectivity index (χ4n) is 1.56. The van der Waals surface area contributed by atoms with E-state index in [2.05, 4.69) is 4.98 Å². The molecule has 0 saturated carbocycles. The van der Waals surface area contributed by atoms with E-state index in [-0.39, 0.29) is 10.5 Å². The number of aryl methyl sites for hydroxylation is 2. The number of nitrogens with zero attached hydrogens (tertiary/aromatic N) is 2. The average Bonchev–Trinajstić information content (AvgIpc) is 2.45. The lowest BCUT2D eigenvalue weighted by atomic mass is 10.3. The van der Waals surface area contributed by atoms with Gasteiger partial charge >= 0.3 is 10.2 Å². The Labute approximate surface area is 86.6 Å². The van der Waals surface area contributed by atoms with E-state index in [0.29, 0.717) is 5.69 Å². The maximum Gasteiger partial charge on any atom is 0.335 e. The highest BCUT2D eigenvalue weighted by Crippen LogP contribution is 2.20. The SMILES string of the molecule is Cc1cc(C)n2ccc(S(=O)(=O)F)c2n1. The highest BCUT2D eigenvalue weighted by atomic mass is 32.3. The van der Waals surface area contributed by atoms with Gasteiger partial charge in [0.2, 0.25) is 0 Å². The van der Waals surface area contributed by atoms with E-state index in [1.807, 2.05) is 0 Å². The Morgan fingerprint density at radius 1 is 1.40 bits per heavy atom. The van der Waals surface area contributed by atoms with Crippen molar-refractivity contribution in [3.05, 3.63) is 29.7 Å². The zero-order chi connectivity index (χ0) is 11.2. The van der Waals surface area contributed by atoms with Gasteiger partial charge in [0.05, 0.1) is 0 Å². The second-order valence-electron chi connectivity index (χ2n) is 3.35. The van der Waals surface area contributed by atoms with E-state index < -0.39 is 10.2 Å². The van der Waals surface area contributed by atoms with Crippen LogP contribution in [0.4, 0.5) is 3.89 Å². The quantitative estimate of drug-likeness (QED) is 0.697. The fourth-order valence-corrected chi connectivity index (χ4v) is 2.15. The molecule has 0 radical (unpaired) electrons. The standard InChI is InChI=1S/C9H9FN2O2S/c1-6-5-7(2)12-4-3-8(9(12)11-6)15(10,13)14/h3-5H,1-2H3. The first-order chi connectivity index (χ1) is 6.89. The first kappa shape index (κ1) is 10.1. The molecule has 80 valence electrons. The summed E-state index contributed by atoms with van der Waals surface area (Å²) in [5.74, 6) is 0. The Bertz CT molecular complexity index is 631. The molecule has 0 fully saturated rings. The van der Waals surface area contributed by atoms with Crippen molar-refractivity contribution in [1.82, 2.24) is 9.38 Å². The Morgan fingerprint density at radius 3 is 2.67 bits per heavy atom. The molecule has 0 amide bonds. The van der Waals surface area contributed by atoms with E-state index in [0.717, 1.165) is 5.69 Å². The predicted molar refractivity (Wildman–Crippen MR) is 53.0 cm³/mol. The minimum atomic E-state index is -4.70. The third kappa shape index (κ3) is 1.61. The molecule has 0 aliphatic heterocycles. The first-order valence-corrected chi connectivity index (χ1v) is 5.68. The Morgan fingerprint density at radius 2 is 2.07 bits per heavy atom. The zero-order valence-corrected chi connectivity index (χ0v) is 9.05. The van der Waals surface area contributed by atoms with Crippen molar-refractivity contribution in [2.24, 2.45) is 0 Å². The van der Waals surface area contributed by atoms with Gasteiger partial charge in [0, 0.05) is 17.6 Å². The van der Waals surface area contributed by atoms with Gasteiger partial charge in [-0.2, -0.15) is 8.42 Å². The van der Waals surface area contributed by atoms with Crippen molar-refractivity contribution in [1.29, 1.82) is 0 Å². The maximum absolute atomic E-state index is 12.9. The molecule has 0 aromatic carbocycles. The van der Waals surface area contributed by atoms with Crippen LogP contribution in [0.1, 0.15) is 11.4 Å². The molecule has 0 N–H and O–H groups in total. The minimum absolute atomic E-state index is 0.134. The predicted octanol–water partition coefficient (Wildman–Crippen LogP) is 1.61. The molecule has 2 aromatic rings. The van der Waals surface area contributed by atoms with Crippen molar-refractivity contribution in [3.63, 3.8) is 0 Å². The lowest BCUT2D eigenvalue weighted by Crippen LogP contribution is -1.98. The van der Waals surface area contributed by atoms with E-state index >= 15 is 0 Å². The fraction of sp³-hybridized carbons (Fsp3) is 0.222. The van der Waals surface area contributed by atoms with Crippen molar-refractivity contribution in [2.45, 2.75) is 18.7 Å². The molecule has 2 aromatic heterocycles. The van der Waals surface area contributed by atoms with E-state index in [4.69, 9.17) is 0 Å². The third-order valence-corrected chi connectivity index (χ3v) is 3.01. The average molecular weight is 228 g/mol. The number of rotatable bonds is 1. The highest BCUT2D eigenvalue weighted by molar-refractivity contribution is 7.86. The van der Waals surface area contributed by atoms with Crippen LogP contribution >= 0.6 is 0 Å². The van der Waals surface area contributed by atoms with Crippen LogP contribution in [0.3, 0.4) is 0 Å². The first-order valence-electron chi connectivity index (χ1n) is 4.29. The molecule has 0 atom stereocenters. The maximum atomic E-state index is 12.9. The van der Waals surface area contributed by atoms with Crippen LogP contribution in [0.5, 0.6) is 0 Å². The van der Waals surface area contributed by atoms with Crippen LogP contribution in [-0.2, 0) is 10.2 Å². The molecule has 4 nitrogen and oxygen atoms in total. The minimum Gasteiger partial charge on any atom is -0.305 e. The summed E-state index contributed by atoms with van der Waals surface area (Å²) in [6.07, 6.45) is 1.49. The normalized spacial score (nSPS) is 12.2. The lowest BCUT2D eigenvalue weighted by molar-refractivity contribution is 0.553.